The summed E-state index contributed by atoms with van der Waals surface area (Å²) in [7, 11) is 0. The monoisotopic (exact) mass is 563 g/mol. The maximum Gasteiger partial charge on any atom is 0.257 e. The molecule has 0 aliphatic heterocycles. The van der Waals surface area contributed by atoms with Crippen molar-refractivity contribution in [1.82, 2.24) is 0 Å². The normalized spacial score (nSPS) is 9.72. The van der Waals surface area contributed by atoms with Crippen molar-refractivity contribution in [2.75, 3.05) is 16.0 Å². The smallest absolute Gasteiger partial charge is 0.257 e. The molecule has 5 nitrogen and oxygen atoms in total. The predicted octanol–water partition coefficient (Wildman–Crippen LogP) is 9.06. The fourth-order valence-electron chi connectivity index (χ4n) is 3.58. The van der Waals surface area contributed by atoms with Crippen molar-refractivity contribution in [3.05, 3.63) is 123 Å². The summed E-state index contributed by atoms with van der Waals surface area (Å²) in [6.07, 6.45) is 0.648. The van der Waals surface area contributed by atoms with Crippen LogP contribution in [0.1, 0.15) is 46.5 Å². The maximum atomic E-state index is 12.4. The minimum atomic E-state index is -0.236. The molecular weight excluding hydrogens is 529 g/mol. The highest BCUT2D eigenvalue weighted by atomic mass is 35.5. The van der Waals surface area contributed by atoms with Crippen LogP contribution in [0.4, 0.5) is 17.1 Å². The fraction of sp³-hybridized carbons (Fsp3) is 0.188. The number of amides is 2. The summed E-state index contributed by atoms with van der Waals surface area (Å²) in [5.74, 6) is -0.236. The van der Waals surface area contributed by atoms with Crippen LogP contribution in [0.15, 0.2) is 84.9 Å². The van der Waals surface area contributed by atoms with Gasteiger partial charge in [0.25, 0.3) is 5.91 Å². The van der Waals surface area contributed by atoms with E-state index >= 15 is 0 Å². The van der Waals surface area contributed by atoms with Crippen LogP contribution in [0.25, 0.3) is 0 Å². The molecule has 0 aliphatic carbocycles. The van der Waals surface area contributed by atoms with Gasteiger partial charge in [-0.3, -0.25) is 9.59 Å². The Balaban J connectivity index is 0.000000407. The lowest BCUT2D eigenvalue weighted by Gasteiger charge is -2.10. The lowest BCUT2D eigenvalue weighted by molar-refractivity contribution is -0.105. The van der Waals surface area contributed by atoms with E-state index in [0.29, 0.717) is 29.2 Å². The second-order valence-electron chi connectivity index (χ2n) is 8.63. The molecule has 0 atom stereocenters. The second-order valence-corrected chi connectivity index (χ2v) is 9.48. The molecule has 7 heteroatoms. The molecule has 39 heavy (non-hydrogen) atoms. The number of carbonyl (C=O) groups excluding carboxylic acids is 2. The lowest BCUT2D eigenvalue weighted by Crippen LogP contribution is -2.12. The highest BCUT2D eigenvalue weighted by molar-refractivity contribution is 6.34. The number of hydrogen-bond donors (Lipinski definition) is 3. The largest absolute Gasteiger partial charge is 0.381 e. The van der Waals surface area contributed by atoms with Gasteiger partial charge in [0.05, 0.1) is 10.6 Å². The molecule has 0 saturated heterocycles. The van der Waals surface area contributed by atoms with Crippen LogP contribution in [0.2, 0.25) is 10.0 Å². The Hall–Kier alpha value is -3.80. The Morgan fingerprint density at radius 1 is 0.718 bits per heavy atom. The number of rotatable bonds is 7. The Bertz CT molecular complexity index is 1300. The first-order valence-electron chi connectivity index (χ1n) is 12.7. The number of anilines is 3. The van der Waals surface area contributed by atoms with Crippen molar-refractivity contribution >= 4 is 52.6 Å². The minimum Gasteiger partial charge on any atom is -0.381 e. The molecular formula is C32H35Cl2N3O2. The summed E-state index contributed by atoms with van der Waals surface area (Å²) in [5, 5.41) is 10.0. The van der Waals surface area contributed by atoms with Gasteiger partial charge in [0.1, 0.15) is 0 Å². The Morgan fingerprint density at radius 2 is 1.28 bits per heavy atom. The van der Waals surface area contributed by atoms with Gasteiger partial charge in [-0.2, -0.15) is 0 Å². The molecule has 0 bridgehead atoms. The summed E-state index contributed by atoms with van der Waals surface area (Å²) in [5.41, 5.74) is 7.37. The first-order valence-corrected chi connectivity index (χ1v) is 13.4. The van der Waals surface area contributed by atoms with Gasteiger partial charge in [-0.25, -0.2) is 0 Å². The Morgan fingerprint density at radius 3 is 1.82 bits per heavy atom. The van der Waals surface area contributed by atoms with Gasteiger partial charge < -0.3 is 16.0 Å². The van der Waals surface area contributed by atoms with E-state index in [9.17, 15) is 9.59 Å². The van der Waals surface area contributed by atoms with Crippen molar-refractivity contribution in [3.8, 4) is 0 Å². The topological polar surface area (TPSA) is 70.2 Å². The summed E-state index contributed by atoms with van der Waals surface area (Å²) < 4.78 is 0. The molecule has 0 fully saturated rings. The van der Waals surface area contributed by atoms with Crippen molar-refractivity contribution in [2.24, 2.45) is 0 Å². The molecule has 0 heterocycles. The SMILES string of the molecule is CC.Cc1cc(C)cc(Cl)c1.Cc1ccc(C(=O)Nc2ccc(CNc3ccc(NC=O)cc3)cc2)c(Cl)c1. The Labute approximate surface area is 241 Å². The van der Waals surface area contributed by atoms with Crippen LogP contribution in [0.5, 0.6) is 0 Å². The van der Waals surface area contributed by atoms with E-state index in [1.165, 1.54) is 11.1 Å². The summed E-state index contributed by atoms with van der Waals surface area (Å²) in [6.45, 7) is 10.6. The zero-order chi connectivity index (χ0) is 28.8. The van der Waals surface area contributed by atoms with Gasteiger partial charge >= 0.3 is 0 Å². The van der Waals surface area contributed by atoms with Crippen LogP contribution in [0, 0.1) is 20.8 Å². The first-order chi connectivity index (χ1) is 18.7. The standard InChI is InChI=1S/C22H20ClN3O2.C8H9Cl.C2H6/c1-15-2-11-20(21(23)12-15)22(28)26-19-5-3-16(4-6-19)13-24-17-7-9-18(10-8-17)25-14-27;1-6-3-7(2)5-8(9)4-6;1-2/h2-12,14,24H,13H2,1H3,(H,25,27)(H,26,28);3-5H,1-2H3;1-2H3. The molecule has 0 aromatic heterocycles. The van der Waals surface area contributed by atoms with Gasteiger partial charge in [-0.05, 0) is 104 Å². The molecule has 0 saturated carbocycles. The minimum absolute atomic E-state index is 0.236. The number of nitrogens with one attached hydrogen (secondary N) is 3. The van der Waals surface area contributed by atoms with Crippen LogP contribution >= 0.6 is 23.2 Å². The molecule has 0 radical (unpaired) electrons. The average molecular weight is 565 g/mol. The van der Waals surface area contributed by atoms with Crippen LogP contribution < -0.4 is 16.0 Å². The molecule has 0 aliphatic rings. The van der Waals surface area contributed by atoms with Crippen molar-refractivity contribution in [2.45, 2.75) is 41.2 Å². The lowest BCUT2D eigenvalue weighted by atomic mass is 10.1. The molecule has 0 spiro atoms. The van der Waals surface area contributed by atoms with Gasteiger partial charge in [0, 0.05) is 28.6 Å². The molecule has 4 aromatic carbocycles. The second kappa shape index (κ2) is 16.2. The fourth-order valence-corrected chi connectivity index (χ4v) is 4.25. The van der Waals surface area contributed by atoms with Crippen LogP contribution in [-0.4, -0.2) is 12.3 Å². The van der Waals surface area contributed by atoms with E-state index in [2.05, 4.69) is 22.0 Å². The summed E-state index contributed by atoms with van der Waals surface area (Å²) in [6, 6.07) is 26.4. The van der Waals surface area contributed by atoms with Gasteiger partial charge in [0.15, 0.2) is 0 Å². The van der Waals surface area contributed by atoms with E-state index in [4.69, 9.17) is 23.2 Å². The predicted molar refractivity (Wildman–Crippen MR) is 166 cm³/mol. The average Bonchev–Trinajstić information content (AvgIpc) is 2.90. The van der Waals surface area contributed by atoms with E-state index in [0.717, 1.165) is 27.5 Å². The Kier molecular flexibility index (Phi) is 13.1. The highest BCUT2D eigenvalue weighted by Gasteiger charge is 2.10. The molecule has 0 unspecified atom stereocenters. The zero-order valence-electron chi connectivity index (χ0n) is 22.9. The van der Waals surface area contributed by atoms with E-state index in [-0.39, 0.29) is 5.91 Å². The third-order valence-electron chi connectivity index (χ3n) is 5.37. The molecule has 2 amide bonds. The zero-order valence-corrected chi connectivity index (χ0v) is 24.5. The third-order valence-corrected chi connectivity index (χ3v) is 5.91. The van der Waals surface area contributed by atoms with E-state index in [1.54, 1.807) is 12.1 Å². The molecule has 4 rings (SSSR count). The van der Waals surface area contributed by atoms with E-state index in [1.807, 2.05) is 101 Å². The quantitative estimate of drug-likeness (QED) is 0.196. The third kappa shape index (κ3) is 10.8. The van der Waals surface area contributed by atoms with Gasteiger partial charge in [-0.15, -0.1) is 0 Å². The van der Waals surface area contributed by atoms with Crippen molar-refractivity contribution in [1.29, 1.82) is 0 Å². The maximum absolute atomic E-state index is 12.4. The van der Waals surface area contributed by atoms with Gasteiger partial charge in [-0.1, -0.05) is 61.3 Å². The molecule has 3 N–H and O–H groups in total. The van der Waals surface area contributed by atoms with E-state index < -0.39 is 0 Å². The van der Waals surface area contributed by atoms with Crippen LogP contribution in [-0.2, 0) is 11.3 Å². The highest BCUT2D eigenvalue weighted by Crippen LogP contribution is 2.20. The summed E-state index contributed by atoms with van der Waals surface area (Å²) >= 11 is 11.9. The van der Waals surface area contributed by atoms with Crippen molar-refractivity contribution < 1.29 is 9.59 Å². The van der Waals surface area contributed by atoms with Crippen molar-refractivity contribution in [3.63, 3.8) is 0 Å². The van der Waals surface area contributed by atoms with Crippen LogP contribution in [0.3, 0.4) is 0 Å². The van der Waals surface area contributed by atoms with Gasteiger partial charge in [0.2, 0.25) is 6.41 Å². The number of hydrogen-bond acceptors (Lipinski definition) is 3. The number of halogens is 2. The molecule has 204 valence electrons. The summed E-state index contributed by atoms with van der Waals surface area (Å²) in [4.78, 5) is 22.8. The number of benzene rings is 4. The number of aryl methyl sites for hydroxylation is 3. The number of carbonyl (C=O) groups is 2. The molecule has 4 aromatic rings. The first kappa shape index (κ1) is 31.4.